The summed E-state index contributed by atoms with van der Waals surface area (Å²) in [6.07, 6.45) is 0. The molecule has 0 N–H and O–H groups in total. The molecule has 0 saturated carbocycles. The molecular formula is C10H10O2. The molecule has 1 saturated heterocycles. The van der Waals surface area contributed by atoms with E-state index in [0.29, 0.717) is 6.61 Å². The van der Waals surface area contributed by atoms with Crippen LogP contribution in [0.4, 0.5) is 0 Å². The lowest BCUT2D eigenvalue weighted by Crippen LogP contribution is -2.08. The van der Waals surface area contributed by atoms with Crippen molar-refractivity contribution >= 4 is 5.78 Å². The highest BCUT2D eigenvalue weighted by atomic mass is 16.5. The molecule has 1 aromatic carbocycles. The number of Topliss-reactive ketones (excluding diaryl/α,β-unsaturated/α-hetero) is 1. The monoisotopic (exact) mass is 162 g/mol. The molecule has 1 fully saturated rings. The van der Waals surface area contributed by atoms with Gasteiger partial charge in [-0.25, -0.2) is 0 Å². The van der Waals surface area contributed by atoms with Gasteiger partial charge in [-0.05, 0) is 5.56 Å². The molecule has 2 nitrogen and oxygen atoms in total. The van der Waals surface area contributed by atoms with E-state index < -0.39 is 0 Å². The predicted molar refractivity (Wildman–Crippen MR) is 45.0 cm³/mol. The third-order valence-electron chi connectivity index (χ3n) is 2.12. The second kappa shape index (κ2) is 3.07. The van der Waals surface area contributed by atoms with Crippen molar-refractivity contribution in [2.45, 2.75) is 5.92 Å². The second-order valence-electron chi connectivity index (χ2n) is 2.94. The zero-order valence-corrected chi connectivity index (χ0v) is 6.69. The van der Waals surface area contributed by atoms with Crippen LogP contribution in [0.2, 0.25) is 0 Å². The molecule has 1 aromatic rings. The first-order valence-electron chi connectivity index (χ1n) is 4.03. The highest BCUT2D eigenvalue weighted by molar-refractivity contribution is 5.88. The van der Waals surface area contributed by atoms with Crippen molar-refractivity contribution in [3.63, 3.8) is 0 Å². The Morgan fingerprint density at radius 3 is 2.58 bits per heavy atom. The van der Waals surface area contributed by atoms with Crippen LogP contribution in [-0.2, 0) is 9.53 Å². The fourth-order valence-corrected chi connectivity index (χ4v) is 1.44. The highest BCUT2D eigenvalue weighted by Crippen LogP contribution is 2.21. The Labute approximate surface area is 71.2 Å². The minimum absolute atomic E-state index is 0.0220. The summed E-state index contributed by atoms with van der Waals surface area (Å²) in [5.74, 6) is 0.174. The van der Waals surface area contributed by atoms with Gasteiger partial charge in [-0.3, -0.25) is 4.79 Å². The Bertz CT molecular complexity index is 279. The maximum absolute atomic E-state index is 11.2. The van der Waals surface area contributed by atoms with E-state index in [-0.39, 0.29) is 18.3 Å². The molecule has 2 rings (SSSR count). The lowest BCUT2D eigenvalue weighted by atomic mass is 9.98. The van der Waals surface area contributed by atoms with Gasteiger partial charge in [0, 0.05) is 0 Å². The summed E-state index contributed by atoms with van der Waals surface area (Å²) in [4.78, 5) is 11.2. The second-order valence-corrected chi connectivity index (χ2v) is 2.94. The van der Waals surface area contributed by atoms with Gasteiger partial charge in [0.2, 0.25) is 0 Å². The zero-order valence-electron chi connectivity index (χ0n) is 6.69. The summed E-state index contributed by atoms with van der Waals surface area (Å²) >= 11 is 0. The predicted octanol–water partition coefficient (Wildman–Crippen LogP) is 1.37. The summed E-state index contributed by atoms with van der Waals surface area (Å²) < 4.78 is 5.07. The van der Waals surface area contributed by atoms with Crippen molar-refractivity contribution in [2.24, 2.45) is 0 Å². The van der Waals surface area contributed by atoms with E-state index in [0.717, 1.165) is 5.56 Å². The Morgan fingerprint density at radius 1 is 1.25 bits per heavy atom. The number of rotatable bonds is 1. The van der Waals surface area contributed by atoms with Gasteiger partial charge in [-0.15, -0.1) is 0 Å². The van der Waals surface area contributed by atoms with Gasteiger partial charge >= 0.3 is 0 Å². The van der Waals surface area contributed by atoms with Gasteiger partial charge in [0.15, 0.2) is 5.78 Å². The minimum atomic E-state index is -0.0220. The Hall–Kier alpha value is -1.15. The van der Waals surface area contributed by atoms with Crippen molar-refractivity contribution in [1.29, 1.82) is 0 Å². The number of hydrogen-bond donors (Lipinski definition) is 0. The maximum atomic E-state index is 11.2. The molecule has 2 heteroatoms. The lowest BCUT2D eigenvalue weighted by Gasteiger charge is -2.04. The summed E-state index contributed by atoms with van der Waals surface area (Å²) in [5, 5.41) is 0. The summed E-state index contributed by atoms with van der Waals surface area (Å²) in [6, 6.07) is 9.78. The molecule has 1 aliphatic rings. The normalized spacial score (nSPS) is 23.0. The molecule has 0 spiro atoms. The molecule has 12 heavy (non-hydrogen) atoms. The van der Waals surface area contributed by atoms with E-state index >= 15 is 0 Å². The van der Waals surface area contributed by atoms with Crippen LogP contribution in [0.1, 0.15) is 11.5 Å². The molecule has 0 aliphatic carbocycles. The number of carbonyl (C=O) groups excluding carboxylic acids is 1. The molecule has 1 aliphatic heterocycles. The molecule has 62 valence electrons. The smallest absolute Gasteiger partial charge is 0.168 e. The van der Waals surface area contributed by atoms with E-state index in [2.05, 4.69) is 0 Å². The highest BCUT2D eigenvalue weighted by Gasteiger charge is 2.26. The van der Waals surface area contributed by atoms with Gasteiger partial charge < -0.3 is 4.74 Å². The molecule has 0 aromatic heterocycles. The van der Waals surface area contributed by atoms with Crippen molar-refractivity contribution < 1.29 is 9.53 Å². The number of benzene rings is 1. The van der Waals surface area contributed by atoms with E-state index in [1.54, 1.807) is 0 Å². The van der Waals surface area contributed by atoms with Crippen LogP contribution in [0.15, 0.2) is 30.3 Å². The molecule has 0 unspecified atom stereocenters. The van der Waals surface area contributed by atoms with Crippen LogP contribution < -0.4 is 0 Å². The third-order valence-corrected chi connectivity index (χ3v) is 2.12. The van der Waals surface area contributed by atoms with Crippen LogP contribution in [0.3, 0.4) is 0 Å². The van der Waals surface area contributed by atoms with Crippen LogP contribution >= 0.6 is 0 Å². The minimum Gasteiger partial charge on any atom is -0.373 e. The van der Waals surface area contributed by atoms with Gasteiger partial charge in [0.25, 0.3) is 0 Å². The van der Waals surface area contributed by atoms with Crippen LogP contribution in [-0.4, -0.2) is 19.0 Å². The summed E-state index contributed by atoms with van der Waals surface area (Å²) in [6.45, 7) is 0.822. The Balaban J connectivity index is 2.25. The average Bonchev–Trinajstić information content (AvgIpc) is 2.53. The van der Waals surface area contributed by atoms with Crippen molar-refractivity contribution in [1.82, 2.24) is 0 Å². The SMILES string of the molecule is O=C1COC[C@@H]1c1ccccc1. The lowest BCUT2D eigenvalue weighted by molar-refractivity contribution is -0.118. The fourth-order valence-electron chi connectivity index (χ4n) is 1.44. The zero-order chi connectivity index (χ0) is 8.39. The molecule has 0 radical (unpaired) electrons. The van der Waals surface area contributed by atoms with Crippen molar-refractivity contribution in [3.05, 3.63) is 35.9 Å². The molecule has 1 heterocycles. The number of ketones is 1. The summed E-state index contributed by atoms with van der Waals surface area (Å²) in [5.41, 5.74) is 1.07. The van der Waals surface area contributed by atoms with Crippen molar-refractivity contribution in [2.75, 3.05) is 13.2 Å². The maximum Gasteiger partial charge on any atom is 0.168 e. The van der Waals surface area contributed by atoms with Gasteiger partial charge in [-0.2, -0.15) is 0 Å². The largest absolute Gasteiger partial charge is 0.373 e. The molecule has 1 atom stereocenters. The third kappa shape index (κ3) is 1.25. The first kappa shape index (κ1) is 7.50. The van der Waals surface area contributed by atoms with Crippen LogP contribution in [0.25, 0.3) is 0 Å². The summed E-state index contributed by atoms with van der Waals surface area (Å²) in [7, 11) is 0. The average molecular weight is 162 g/mol. The number of ether oxygens (including phenoxy) is 1. The van der Waals surface area contributed by atoms with Gasteiger partial charge in [0.1, 0.15) is 6.61 Å². The number of carbonyl (C=O) groups is 1. The fraction of sp³-hybridized carbons (Fsp3) is 0.300. The van der Waals surface area contributed by atoms with Crippen LogP contribution in [0, 0.1) is 0 Å². The molecule has 0 amide bonds. The van der Waals surface area contributed by atoms with E-state index in [4.69, 9.17) is 4.74 Å². The van der Waals surface area contributed by atoms with Crippen LogP contribution in [0.5, 0.6) is 0 Å². The first-order valence-corrected chi connectivity index (χ1v) is 4.03. The van der Waals surface area contributed by atoms with Gasteiger partial charge in [-0.1, -0.05) is 30.3 Å². The Kier molecular flexibility index (Phi) is 1.92. The van der Waals surface area contributed by atoms with Gasteiger partial charge in [0.05, 0.1) is 12.5 Å². The Morgan fingerprint density at radius 2 is 2.00 bits per heavy atom. The van der Waals surface area contributed by atoms with E-state index in [1.807, 2.05) is 30.3 Å². The quantitative estimate of drug-likeness (QED) is 0.623. The molecule has 0 bridgehead atoms. The van der Waals surface area contributed by atoms with E-state index in [1.165, 1.54) is 0 Å². The van der Waals surface area contributed by atoms with E-state index in [9.17, 15) is 4.79 Å². The number of hydrogen-bond acceptors (Lipinski definition) is 2. The first-order chi connectivity index (χ1) is 5.88. The topological polar surface area (TPSA) is 26.3 Å². The van der Waals surface area contributed by atoms with Crippen molar-refractivity contribution in [3.8, 4) is 0 Å². The molecular weight excluding hydrogens is 152 g/mol. The standard InChI is InChI=1S/C10H10O2/c11-10-7-12-6-9(10)8-4-2-1-3-5-8/h1-5,9H,6-7H2/t9-/m1/s1.